The first-order valence-electron chi connectivity index (χ1n) is 10.7. The molecule has 0 atom stereocenters. The van der Waals surface area contributed by atoms with Crippen molar-refractivity contribution in [2.75, 3.05) is 37.7 Å². The van der Waals surface area contributed by atoms with Crippen molar-refractivity contribution in [1.82, 2.24) is 19.5 Å². The van der Waals surface area contributed by atoms with Gasteiger partial charge in [-0.3, -0.25) is 4.79 Å². The maximum Gasteiger partial charge on any atom is 0.222 e. The molecule has 0 aromatic carbocycles. The van der Waals surface area contributed by atoms with Gasteiger partial charge in [-0.15, -0.1) is 0 Å². The number of pyridine rings is 2. The zero-order chi connectivity index (χ0) is 21.8. The van der Waals surface area contributed by atoms with Crippen molar-refractivity contribution in [2.45, 2.75) is 26.7 Å². The predicted molar refractivity (Wildman–Crippen MR) is 118 cm³/mol. The number of carbonyl (C=O) groups is 1. The molecule has 1 saturated heterocycles. The number of nitriles is 1. The zero-order valence-electron chi connectivity index (χ0n) is 17.9. The molecule has 0 saturated carbocycles. The molecular weight excluding hydrogens is 392 g/mol. The van der Waals surface area contributed by atoms with Gasteiger partial charge >= 0.3 is 0 Å². The SMILES string of the molecule is CCCC(=O)N1CCN(c2ccc(-c3cc(OCC)cn4ncc(C#N)c34)cn2)CC1. The lowest BCUT2D eigenvalue weighted by atomic mass is 10.1. The van der Waals surface area contributed by atoms with Crippen LogP contribution in [0.15, 0.2) is 36.8 Å². The fourth-order valence-electron chi connectivity index (χ4n) is 3.93. The maximum atomic E-state index is 12.1. The average molecular weight is 419 g/mol. The Bertz CT molecular complexity index is 1110. The molecule has 4 rings (SSSR count). The number of anilines is 1. The molecule has 0 spiro atoms. The monoisotopic (exact) mass is 418 g/mol. The topological polar surface area (TPSA) is 86.8 Å². The maximum absolute atomic E-state index is 12.1. The summed E-state index contributed by atoms with van der Waals surface area (Å²) in [4.78, 5) is 20.9. The molecule has 3 aromatic heterocycles. The van der Waals surface area contributed by atoms with E-state index in [-0.39, 0.29) is 5.91 Å². The number of aromatic nitrogens is 3. The minimum Gasteiger partial charge on any atom is -0.492 e. The van der Waals surface area contributed by atoms with E-state index in [1.54, 1.807) is 16.9 Å². The number of hydrogen-bond donors (Lipinski definition) is 0. The summed E-state index contributed by atoms with van der Waals surface area (Å²) in [6.45, 7) is 7.49. The van der Waals surface area contributed by atoms with Crippen molar-refractivity contribution in [3.63, 3.8) is 0 Å². The third-order valence-electron chi connectivity index (χ3n) is 5.50. The molecule has 1 aliphatic heterocycles. The molecule has 1 aliphatic rings. The van der Waals surface area contributed by atoms with Crippen molar-refractivity contribution >= 4 is 17.2 Å². The fourth-order valence-corrected chi connectivity index (χ4v) is 3.93. The summed E-state index contributed by atoms with van der Waals surface area (Å²) in [5.74, 6) is 1.81. The molecule has 4 heterocycles. The van der Waals surface area contributed by atoms with E-state index in [1.807, 2.05) is 43.1 Å². The molecule has 0 unspecified atom stereocenters. The molecular formula is C23H26N6O2. The Hall–Kier alpha value is -3.60. The van der Waals surface area contributed by atoms with Crippen molar-refractivity contribution < 1.29 is 9.53 Å². The van der Waals surface area contributed by atoms with Gasteiger partial charge in [-0.2, -0.15) is 10.4 Å². The van der Waals surface area contributed by atoms with Gasteiger partial charge in [0, 0.05) is 49.9 Å². The lowest BCUT2D eigenvalue weighted by Crippen LogP contribution is -2.49. The van der Waals surface area contributed by atoms with Crippen LogP contribution in [0.3, 0.4) is 0 Å². The van der Waals surface area contributed by atoms with Gasteiger partial charge in [-0.05, 0) is 31.5 Å². The molecule has 31 heavy (non-hydrogen) atoms. The smallest absolute Gasteiger partial charge is 0.222 e. The van der Waals surface area contributed by atoms with Gasteiger partial charge in [0.1, 0.15) is 17.6 Å². The molecule has 0 radical (unpaired) electrons. The lowest BCUT2D eigenvalue weighted by Gasteiger charge is -2.35. The van der Waals surface area contributed by atoms with Crippen LogP contribution in [0.1, 0.15) is 32.3 Å². The van der Waals surface area contributed by atoms with Gasteiger partial charge in [0.25, 0.3) is 0 Å². The summed E-state index contributed by atoms with van der Waals surface area (Å²) in [5.41, 5.74) is 3.00. The molecule has 3 aromatic rings. The summed E-state index contributed by atoms with van der Waals surface area (Å²) < 4.78 is 7.36. The number of amides is 1. The quantitative estimate of drug-likeness (QED) is 0.611. The number of ether oxygens (including phenoxy) is 1. The molecule has 160 valence electrons. The van der Waals surface area contributed by atoms with Crippen molar-refractivity contribution in [1.29, 1.82) is 5.26 Å². The normalized spacial score (nSPS) is 14.0. The summed E-state index contributed by atoms with van der Waals surface area (Å²) >= 11 is 0. The standard InChI is InChI=1S/C23H26N6O2/c1-3-5-22(30)28-10-8-27(9-11-28)21-7-6-17(14-25-21)20-12-19(31-4-2)16-29-23(20)18(13-24)15-26-29/h6-7,12,14-16H,3-5,8-11H2,1-2H3. The predicted octanol–water partition coefficient (Wildman–Crippen LogP) is 3.12. The van der Waals surface area contributed by atoms with Crippen LogP contribution in [0.5, 0.6) is 5.75 Å². The summed E-state index contributed by atoms with van der Waals surface area (Å²) in [7, 11) is 0. The van der Waals surface area contributed by atoms with E-state index in [4.69, 9.17) is 4.74 Å². The first-order chi connectivity index (χ1) is 15.1. The van der Waals surface area contributed by atoms with Crippen molar-refractivity contribution in [2.24, 2.45) is 0 Å². The highest BCUT2D eigenvalue weighted by Crippen LogP contribution is 2.31. The second-order valence-electron chi connectivity index (χ2n) is 7.51. The van der Waals surface area contributed by atoms with E-state index in [9.17, 15) is 10.1 Å². The van der Waals surface area contributed by atoms with E-state index in [2.05, 4.69) is 21.1 Å². The molecule has 8 nitrogen and oxygen atoms in total. The number of nitrogens with zero attached hydrogens (tertiary/aromatic N) is 6. The highest BCUT2D eigenvalue weighted by molar-refractivity contribution is 5.85. The molecule has 0 aliphatic carbocycles. The van der Waals surface area contributed by atoms with Crippen LogP contribution in [0.25, 0.3) is 16.6 Å². The van der Waals surface area contributed by atoms with E-state index in [0.717, 1.165) is 55.1 Å². The van der Waals surface area contributed by atoms with Crippen LogP contribution in [-0.2, 0) is 4.79 Å². The zero-order valence-corrected chi connectivity index (χ0v) is 17.9. The van der Waals surface area contributed by atoms with Crippen LogP contribution in [-0.4, -0.2) is 58.2 Å². The van der Waals surface area contributed by atoms with E-state index in [1.165, 1.54) is 0 Å². The number of piperazine rings is 1. The number of rotatable bonds is 6. The number of fused-ring (bicyclic) bond motifs is 1. The summed E-state index contributed by atoms with van der Waals surface area (Å²) in [6, 6.07) is 8.14. The molecule has 0 N–H and O–H groups in total. The van der Waals surface area contributed by atoms with Gasteiger partial charge in [0.15, 0.2) is 0 Å². The molecule has 8 heteroatoms. The third-order valence-corrected chi connectivity index (χ3v) is 5.50. The Balaban J connectivity index is 1.58. The van der Waals surface area contributed by atoms with Gasteiger partial charge in [-0.1, -0.05) is 6.92 Å². The minimum absolute atomic E-state index is 0.234. The Kier molecular flexibility index (Phi) is 6.03. The highest BCUT2D eigenvalue weighted by Gasteiger charge is 2.21. The Morgan fingerprint density at radius 1 is 1.19 bits per heavy atom. The van der Waals surface area contributed by atoms with Gasteiger partial charge in [0.05, 0.1) is 30.1 Å². The first-order valence-corrected chi connectivity index (χ1v) is 10.7. The molecule has 1 amide bonds. The van der Waals surface area contributed by atoms with Crippen molar-refractivity contribution in [3.05, 3.63) is 42.4 Å². The Morgan fingerprint density at radius 3 is 2.65 bits per heavy atom. The second kappa shape index (κ2) is 9.04. The first kappa shape index (κ1) is 20.7. The second-order valence-corrected chi connectivity index (χ2v) is 7.51. The van der Waals surface area contributed by atoms with Gasteiger partial charge in [0.2, 0.25) is 5.91 Å². The van der Waals surface area contributed by atoms with Crippen LogP contribution in [0.4, 0.5) is 5.82 Å². The van der Waals surface area contributed by atoms with Gasteiger partial charge < -0.3 is 14.5 Å². The third kappa shape index (κ3) is 4.17. The van der Waals surface area contributed by atoms with Gasteiger partial charge in [-0.25, -0.2) is 9.50 Å². The van der Waals surface area contributed by atoms with Crippen molar-refractivity contribution in [3.8, 4) is 22.9 Å². The number of carbonyl (C=O) groups excluding carboxylic acids is 1. The van der Waals surface area contributed by atoms with Crippen LogP contribution in [0, 0.1) is 11.3 Å². The average Bonchev–Trinajstić information content (AvgIpc) is 3.22. The Labute approximate surface area is 181 Å². The molecule has 0 bridgehead atoms. The summed E-state index contributed by atoms with van der Waals surface area (Å²) in [5, 5.41) is 13.8. The highest BCUT2D eigenvalue weighted by atomic mass is 16.5. The van der Waals surface area contributed by atoms with E-state index < -0.39 is 0 Å². The molecule has 1 fully saturated rings. The Morgan fingerprint density at radius 2 is 2.00 bits per heavy atom. The lowest BCUT2D eigenvalue weighted by molar-refractivity contribution is -0.131. The van der Waals surface area contributed by atoms with Crippen LogP contribution in [0.2, 0.25) is 0 Å². The largest absolute Gasteiger partial charge is 0.492 e. The number of hydrogen-bond acceptors (Lipinski definition) is 6. The van der Waals surface area contributed by atoms with Crippen LogP contribution < -0.4 is 9.64 Å². The van der Waals surface area contributed by atoms with Crippen LogP contribution >= 0.6 is 0 Å². The summed E-state index contributed by atoms with van der Waals surface area (Å²) in [6.07, 6.45) is 6.66. The van der Waals surface area contributed by atoms with E-state index in [0.29, 0.717) is 24.3 Å². The minimum atomic E-state index is 0.234. The fraction of sp³-hybridized carbons (Fsp3) is 0.391. The van der Waals surface area contributed by atoms with E-state index >= 15 is 0 Å².